The van der Waals surface area contributed by atoms with Crippen LogP contribution in [0.1, 0.15) is 24.0 Å². The van der Waals surface area contributed by atoms with E-state index in [0.29, 0.717) is 0 Å². The molecule has 2 atom stereocenters. The molecule has 3 rings (SSSR count). The molecule has 2 aliphatic rings. The predicted octanol–water partition coefficient (Wildman–Crippen LogP) is 2.88. The second kappa shape index (κ2) is 3.48. The molecule has 0 spiro atoms. The maximum atomic E-state index is 4.53. The molecule has 0 amide bonds. The maximum Gasteiger partial charge on any atom is 0.0276 e. The fraction of sp³-hybridized carbons (Fsp3) is 0.500. The molecule has 15 heavy (non-hydrogen) atoms. The van der Waals surface area contributed by atoms with E-state index in [9.17, 15) is 0 Å². The monoisotopic (exact) mass is 199 g/mol. The third-order valence-corrected chi connectivity index (χ3v) is 4.01. The number of benzene rings is 1. The normalized spacial score (nSPS) is 31.4. The average molecular weight is 199 g/mol. The Morgan fingerprint density at radius 1 is 1.00 bits per heavy atom. The van der Waals surface area contributed by atoms with Crippen LogP contribution in [0.4, 0.5) is 0 Å². The van der Waals surface area contributed by atoms with Crippen molar-refractivity contribution in [2.75, 3.05) is 7.05 Å². The summed E-state index contributed by atoms with van der Waals surface area (Å²) in [6.45, 7) is 0. The summed E-state index contributed by atoms with van der Waals surface area (Å²) >= 11 is 0. The van der Waals surface area contributed by atoms with Gasteiger partial charge in [0, 0.05) is 24.6 Å². The molecule has 0 radical (unpaired) electrons. The van der Waals surface area contributed by atoms with Gasteiger partial charge >= 0.3 is 0 Å². The van der Waals surface area contributed by atoms with Gasteiger partial charge in [0.15, 0.2) is 0 Å². The molecule has 78 valence electrons. The molecule has 0 unspecified atom stereocenters. The first-order chi connectivity index (χ1) is 7.38. The van der Waals surface area contributed by atoms with Crippen LogP contribution in [0.25, 0.3) is 0 Å². The van der Waals surface area contributed by atoms with Gasteiger partial charge in [-0.1, -0.05) is 24.3 Å². The fourth-order valence-corrected chi connectivity index (χ4v) is 3.30. The molecular formula is C14H17N. The van der Waals surface area contributed by atoms with E-state index in [1.54, 1.807) is 11.1 Å². The molecule has 2 bridgehead atoms. The second-order valence-corrected chi connectivity index (χ2v) is 4.80. The van der Waals surface area contributed by atoms with Crippen molar-refractivity contribution in [1.29, 1.82) is 0 Å². The van der Waals surface area contributed by atoms with Crippen LogP contribution in [0.2, 0.25) is 0 Å². The number of fused-ring (bicyclic) bond motifs is 3. The smallest absolute Gasteiger partial charge is 0.0276 e. The molecule has 0 saturated heterocycles. The Morgan fingerprint density at radius 2 is 1.53 bits per heavy atom. The SMILES string of the molecule is CN=C1[C@@H]2CC[C@H]1Cc1ccccc1C2. The first-order valence-electron chi connectivity index (χ1n) is 5.92. The Balaban J connectivity index is 2.04. The van der Waals surface area contributed by atoms with E-state index in [1.807, 2.05) is 7.05 Å². The molecular weight excluding hydrogens is 182 g/mol. The molecule has 0 aliphatic heterocycles. The van der Waals surface area contributed by atoms with Crippen LogP contribution in [0.15, 0.2) is 29.3 Å². The van der Waals surface area contributed by atoms with Crippen LogP contribution >= 0.6 is 0 Å². The summed E-state index contributed by atoms with van der Waals surface area (Å²) in [5.41, 5.74) is 4.61. The van der Waals surface area contributed by atoms with Crippen molar-refractivity contribution in [3.63, 3.8) is 0 Å². The van der Waals surface area contributed by atoms with E-state index < -0.39 is 0 Å². The van der Waals surface area contributed by atoms with Crippen molar-refractivity contribution in [2.24, 2.45) is 16.8 Å². The standard InChI is InChI=1S/C14H17N/c1-15-14-12-6-7-13(14)9-11-5-3-2-4-10(11)8-12/h2-5,12-13H,6-9H2,1H3/t12-,13+. The summed E-state index contributed by atoms with van der Waals surface area (Å²) in [6, 6.07) is 8.92. The third-order valence-electron chi connectivity index (χ3n) is 4.01. The summed E-state index contributed by atoms with van der Waals surface area (Å²) in [5.74, 6) is 1.48. The largest absolute Gasteiger partial charge is 0.297 e. The highest BCUT2D eigenvalue weighted by Gasteiger charge is 2.34. The van der Waals surface area contributed by atoms with Crippen LogP contribution in [0.5, 0.6) is 0 Å². The number of nitrogens with zero attached hydrogens (tertiary/aromatic N) is 1. The summed E-state index contributed by atoms with van der Waals surface area (Å²) in [7, 11) is 1.97. The minimum atomic E-state index is 0.739. The lowest BCUT2D eigenvalue weighted by molar-refractivity contribution is 0.593. The molecule has 1 fully saturated rings. The molecule has 1 heteroatoms. The number of hydrogen-bond acceptors (Lipinski definition) is 1. The van der Waals surface area contributed by atoms with Gasteiger partial charge in [-0.3, -0.25) is 4.99 Å². The Labute approximate surface area is 91.2 Å². The molecule has 0 N–H and O–H groups in total. The highest BCUT2D eigenvalue weighted by molar-refractivity contribution is 5.91. The van der Waals surface area contributed by atoms with E-state index in [0.717, 1.165) is 11.8 Å². The van der Waals surface area contributed by atoms with E-state index in [2.05, 4.69) is 29.3 Å². The zero-order valence-electron chi connectivity index (χ0n) is 9.24. The van der Waals surface area contributed by atoms with Crippen molar-refractivity contribution >= 4 is 5.71 Å². The van der Waals surface area contributed by atoms with Crippen LogP contribution in [-0.2, 0) is 12.8 Å². The molecule has 1 nitrogen and oxygen atoms in total. The first kappa shape index (κ1) is 9.14. The zero-order valence-corrected chi connectivity index (χ0v) is 9.24. The number of rotatable bonds is 0. The van der Waals surface area contributed by atoms with Gasteiger partial charge in [-0.05, 0) is 36.8 Å². The van der Waals surface area contributed by atoms with Gasteiger partial charge in [0.2, 0.25) is 0 Å². The van der Waals surface area contributed by atoms with E-state index >= 15 is 0 Å². The lowest BCUT2D eigenvalue weighted by Crippen LogP contribution is -2.14. The van der Waals surface area contributed by atoms with Gasteiger partial charge in [0.05, 0.1) is 0 Å². The minimum Gasteiger partial charge on any atom is -0.297 e. The van der Waals surface area contributed by atoms with E-state index in [4.69, 9.17) is 0 Å². The van der Waals surface area contributed by atoms with Gasteiger partial charge in [0.25, 0.3) is 0 Å². The van der Waals surface area contributed by atoms with E-state index in [1.165, 1.54) is 31.4 Å². The van der Waals surface area contributed by atoms with Crippen molar-refractivity contribution < 1.29 is 0 Å². The quantitative estimate of drug-likeness (QED) is 0.609. The lowest BCUT2D eigenvalue weighted by Gasteiger charge is -2.11. The van der Waals surface area contributed by atoms with Crippen molar-refractivity contribution in [2.45, 2.75) is 25.7 Å². The molecule has 1 aromatic carbocycles. The van der Waals surface area contributed by atoms with Gasteiger partial charge < -0.3 is 0 Å². The zero-order chi connectivity index (χ0) is 10.3. The van der Waals surface area contributed by atoms with Crippen molar-refractivity contribution in [1.82, 2.24) is 0 Å². The summed E-state index contributed by atoms with van der Waals surface area (Å²) < 4.78 is 0. The summed E-state index contributed by atoms with van der Waals surface area (Å²) in [5, 5.41) is 0. The van der Waals surface area contributed by atoms with Crippen molar-refractivity contribution in [3.8, 4) is 0 Å². The second-order valence-electron chi connectivity index (χ2n) is 4.80. The van der Waals surface area contributed by atoms with Gasteiger partial charge in [-0.2, -0.15) is 0 Å². The Hall–Kier alpha value is -1.11. The van der Waals surface area contributed by atoms with E-state index in [-0.39, 0.29) is 0 Å². The van der Waals surface area contributed by atoms with Crippen molar-refractivity contribution in [3.05, 3.63) is 35.4 Å². The maximum absolute atomic E-state index is 4.53. The highest BCUT2D eigenvalue weighted by Crippen LogP contribution is 2.37. The third kappa shape index (κ3) is 1.41. The minimum absolute atomic E-state index is 0.739. The molecule has 2 aliphatic carbocycles. The summed E-state index contributed by atoms with van der Waals surface area (Å²) in [6.07, 6.45) is 5.15. The molecule has 1 aromatic rings. The Kier molecular flexibility index (Phi) is 2.12. The number of aliphatic imine (C=N–C) groups is 1. The lowest BCUT2D eigenvalue weighted by atomic mass is 9.94. The Bertz CT molecular complexity index is 371. The Morgan fingerprint density at radius 3 is 2.00 bits per heavy atom. The van der Waals surface area contributed by atoms with Crippen LogP contribution in [-0.4, -0.2) is 12.8 Å². The molecule has 1 saturated carbocycles. The predicted molar refractivity (Wildman–Crippen MR) is 63.4 cm³/mol. The molecule has 0 heterocycles. The van der Waals surface area contributed by atoms with Crippen LogP contribution in [0.3, 0.4) is 0 Å². The van der Waals surface area contributed by atoms with Crippen LogP contribution < -0.4 is 0 Å². The first-order valence-corrected chi connectivity index (χ1v) is 5.92. The fourth-order valence-electron chi connectivity index (χ4n) is 3.30. The summed E-state index contributed by atoms with van der Waals surface area (Å²) in [4.78, 5) is 4.53. The topological polar surface area (TPSA) is 12.4 Å². The highest BCUT2D eigenvalue weighted by atomic mass is 14.7. The number of hydrogen-bond donors (Lipinski definition) is 0. The average Bonchev–Trinajstić information content (AvgIpc) is 2.54. The molecule has 0 aromatic heterocycles. The van der Waals surface area contributed by atoms with Gasteiger partial charge in [-0.25, -0.2) is 0 Å². The van der Waals surface area contributed by atoms with Gasteiger partial charge in [-0.15, -0.1) is 0 Å². The van der Waals surface area contributed by atoms with Crippen LogP contribution in [0, 0.1) is 11.8 Å². The van der Waals surface area contributed by atoms with Gasteiger partial charge in [0.1, 0.15) is 0 Å².